The van der Waals surface area contributed by atoms with Crippen molar-refractivity contribution >= 4 is 32.9 Å². The second-order valence-electron chi connectivity index (χ2n) is 10.2. The molecule has 0 aliphatic heterocycles. The molecule has 6 heteroatoms. The quantitative estimate of drug-likeness (QED) is 0.142. The van der Waals surface area contributed by atoms with E-state index in [0.717, 1.165) is 79.7 Å². The summed E-state index contributed by atoms with van der Waals surface area (Å²) < 4.78 is 9.30. The van der Waals surface area contributed by atoms with Crippen LogP contribution in [0.15, 0.2) is 77.3 Å². The van der Waals surface area contributed by atoms with Gasteiger partial charge in [-0.25, -0.2) is 4.98 Å². The van der Waals surface area contributed by atoms with Crippen LogP contribution >= 0.6 is 15.9 Å². The fourth-order valence-electron chi connectivity index (χ4n) is 4.77. The first-order valence-electron chi connectivity index (χ1n) is 14.3. The number of hydrogen-bond donors (Lipinski definition) is 1. The van der Waals surface area contributed by atoms with Crippen molar-refractivity contribution in [2.45, 2.75) is 71.3 Å². The molecule has 0 radical (unpaired) electrons. The average Bonchev–Trinajstić information content (AvgIpc) is 3.31. The molecule has 0 aliphatic rings. The number of carbonyl (C=O) groups excluding carboxylic acids is 1. The second kappa shape index (κ2) is 14.9. The maximum atomic E-state index is 12.3. The average molecular weight is 591 g/mol. The number of nitrogens with one attached hydrogen (secondary N) is 1. The van der Waals surface area contributed by atoms with Crippen LogP contribution in [0.1, 0.15) is 80.0 Å². The highest BCUT2D eigenvalue weighted by Crippen LogP contribution is 2.22. The number of imidazole rings is 1. The van der Waals surface area contributed by atoms with Crippen LogP contribution in [0.4, 0.5) is 0 Å². The van der Waals surface area contributed by atoms with Gasteiger partial charge in [0.1, 0.15) is 11.6 Å². The Morgan fingerprint density at radius 3 is 2.59 bits per heavy atom. The van der Waals surface area contributed by atoms with E-state index in [1.54, 1.807) is 0 Å². The Balaban J connectivity index is 1.20. The van der Waals surface area contributed by atoms with Crippen LogP contribution in [0.2, 0.25) is 0 Å². The van der Waals surface area contributed by atoms with E-state index in [2.05, 4.69) is 88.2 Å². The molecule has 5 nitrogen and oxygen atoms in total. The standard InChI is InChI=1S/C33H40BrN3O2/c1-3-25(2)26-17-19-29(20-18-26)39-23-10-9-22-37-31-15-7-6-14-30(31)36-32(37)16-5-4-8-21-35-33(38)27-12-11-13-28(34)24-27/h6-7,11-15,17-20,24-25H,3-5,8-10,16,21-23H2,1-2H3,(H,35,38). The number of aryl methyl sites for hydroxylation is 2. The van der Waals surface area contributed by atoms with E-state index in [-0.39, 0.29) is 5.91 Å². The summed E-state index contributed by atoms with van der Waals surface area (Å²) in [6.07, 6.45) is 7.17. The minimum atomic E-state index is -0.0230. The minimum Gasteiger partial charge on any atom is -0.494 e. The Kier molecular flexibility index (Phi) is 11.0. The third-order valence-corrected chi connectivity index (χ3v) is 7.78. The highest BCUT2D eigenvalue weighted by Gasteiger charge is 2.11. The van der Waals surface area contributed by atoms with E-state index in [9.17, 15) is 4.79 Å². The van der Waals surface area contributed by atoms with Crippen LogP contribution in [0.3, 0.4) is 0 Å². The molecule has 1 amide bonds. The summed E-state index contributed by atoms with van der Waals surface area (Å²) in [5, 5.41) is 3.03. The van der Waals surface area contributed by atoms with Crippen molar-refractivity contribution in [3.05, 3.63) is 94.2 Å². The van der Waals surface area contributed by atoms with Gasteiger partial charge in [0.25, 0.3) is 5.91 Å². The smallest absolute Gasteiger partial charge is 0.251 e. The molecule has 1 N–H and O–H groups in total. The lowest BCUT2D eigenvalue weighted by Gasteiger charge is -2.12. The molecule has 0 spiro atoms. The molecule has 1 aromatic heterocycles. The molecule has 1 atom stereocenters. The monoisotopic (exact) mass is 589 g/mol. The van der Waals surface area contributed by atoms with E-state index < -0.39 is 0 Å². The topological polar surface area (TPSA) is 56.1 Å². The zero-order valence-corrected chi connectivity index (χ0v) is 24.8. The maximum absolute atomic E-state index is 12.3. The van der Waals surface area contributed by atoms with Crippen molar-refractivity contribution in [3.8, 4) is 5.75 Å². The van der Waals surface area contributed by atoms with Gasteiger partial charge in [0.2, 0.25) is 0 Å². The van der Waals surface area contributed by atoms with Crippen LogP contribution < -0.4 is 10.1 Å². The third-order valence-electron chi connectivity index (χ3n) is 7.29. The van der Waals surface area contributed by atoms with Gasteiger partial charge in [-0.05, 0) is 86.1 Å². The van der Waals surface area contributed by atoms with Gasteiger partial charge in [-0.2, -0.15) is 0 Å². The SMILES string of the molecule is CCC(C)c1ccc(OCCCCn2c(CCCCCNC(=O)c3cccc(Br)c3)nc3ccccc32)cc1. The number of ether oxygens (including phenoxy) is 1. The summed E-state index contributed by atoms with van der Waals surface area (Å²) in [5.41, 5.74) is 4.32. The molecule has 0 bridgehead atoms. The highest BCUT2D eigenvalue weighted by atomic mass is 79.9. The van der Waals surface area contributed by atoms with Crippen molar-refractivity contribution in [3.63, 3.8) is 0 Å². The summed E-state index contributed by atoms with van der Waals surface area (Å²) in [6, 6.07) is 24.4. The number of halogens is 1. The largest absolute Gasteiger partial charge is 0.494 e. The number of hydrogen-bond acceptors (Lipinski definition) is 3. The predicted octanol–water partition coefficient (Wildman–Crippen LogP) is 8.31. The van der Waals surface area contributed by atoms with E-state index in [0.29, 0.717) is 18.0 Å². The van der Waals surface area contributed by atoms with Gasteiger partial charge in [0.15, 0.2) is 0 Å². The Morgan fingerprint density at radius 1 is 0.974 bits per heavy atom. The van der Waals surface area contributed by atoms with Gasteiger partial charge < -0.3 is 14.6 Å². The molecular formula is C33H40BrN3O2. The van der Waals surface area contributed by atoms with Gasteiger partial charge >= 0.3 is 0 Å². The van der Waals surface area contributed by atoms with Crippen molar-refractivity contribution < 1.29 is 9.53 Å². The Morgan fingerprint density at radius 2 is 1.79 bits per heavy atom. The first kappa shape index (κ1) is 28.9. The Hall–Kier alpha value is -3.12. The number of unbranched alkanes of at least 4 members (excludes halogenated alkanes) is 3. The number of carbonyl (C=O) groups is 1. The summed E-state index contributed by atoms with van der Waals surface area (Å²) in [5.74, 6) is 2.66. The fourth-order valence-corrected chi connectivity index (χ4v) is 5.17. The molecule has 0 saturated heterocycles. The van der Waals surface area contributed by atoms with E-state index in [1.165, 1.54) is 11.1 Å². The number of amides is 1. The summed E-state index contributed by atoms with van der Waals surface area (Å²) in [4.78, 5) is 17.3. The van der Waals surface area contributed by atoms with Crippen LogP contribution in [0.5, 0.6) is 5.75 Å². The zero-order chi connectivity index (χ0) is 27.5. The van der Waals surface area contributed by atoms with Crippen molar-refractivity contribution in [2.24, 2.45) is 0 Å². The molecule has 4 rings (SSSR count). The molecule has 4 aromatic rings. The molecule has 206 valence electrons. The lowest BCUT2D eigenvalue weighted by atomic mass is 9.99. The molecule has 0 saturated carbocycles. The molecule has 0 aliphatic carbocycles. The van der Waals surface area contributed by atoms with Crippen LogP contribution in [-0.4, -0.2) is 28.6 Å². The predicted molar refractivity (Wildman–Crippen MR) is 164 cm³/mol. The number of rotatable bonds is 15. The number of benzene rings is 3. The van der Waals surface area contributed by atoms with Crippen molar-refractivity contribution in [1.82, 2.24) is 14.9 Å². The van der Waals surface area contributed by atoms with Gasteiger partial charge in [-0.1, -0.05) is 66.5 Å². The van der Waals surface area contributed by atoms with Crippen LogP contribution in [0, 0.1) is 0 Å². The Labute approximate surface area is 241 Å². The maximum Gasteiger partial charge on any atom is 0.251 e. The molecule has 0 fully saturated rings. The molecule has 3 aromatic carbocycles. The van der Waals surface area contributed by atoms with Gasteiger partial charge in [0.05, 0.1) is 17.6 Å². The number of nitrogens with zero attached hydrogens (tertiary/aromatic N) is 2. The lowest BCUT2D eigenvalue weighted by molar-refractivity contribution is 0.0953. The van der Waals surface area contributed by atoms with Crippen LogP contribution in [0.25, 0.3) is 11.0 Å². The summed E-state index contributed by atoms with van der Waals surface area (Å²) >= 11 is 3.42. The highest BCUT2D eigenvalue weighted by molar-refractivity contribution is 9.10. The third kappa shape index (κ3) is 8.43. The molecular weight excluding hydrogens is 550 g/mol. The lowest BCUT2D eigenvalue weighted by Crippen LogP contribution is -2.24. The fraction of sp³-hybridized carbons (Fsp3) is 0.394. The summed E-state index contributed by atoms with van der Waals surface area (Å²) in [7, 11) is 0. The van der Waals surface area contributed by atoms with Gasteiger partial charge in [0, 0.05) is 29.5 Å². The van der Waals surface area contributed by atoms with Crippen molar-refractivity contribution in [1.29, 1.82) is 0 Å². The number of para-hydroxylation sites is 2. The summed E-state index contributed by atoms with van der Waals surface area (Å²) in [6.45, 7) is 6.82. The van der Waals surface area contributed by atoms with Crippen LogP contribution in [-0.2, 0) is 13.0 Å². The Bertz CT molecular complexity index is 1330. The normalized spacial score (nSPS) is 12.0. The van der Waals surface area contributed by atoms with E-state index >= 15 is 0 Å². The second-order valence-corrected chi connectivity index (χ2v) is 11.1. The first-order valence-corrected chi connectivity index (χ1v) is 15.0. The first-order chi connectivity index (χ1) is 19.0. The van der Waals surface area contributed by atoms with E-state index in [4.69, 9.17) is 9.72 Å². The van der Waals surface area contributed by atoms with E-state index in [1.807, 2.05) is 24.3 Å². The number of aromatic nitrogens is 2. The number of fused-ring (bicyclic) bond motifs is 1. The molecule has 1 unspecified atom stereocenters. The van der Waals surface area contributed by atoms with Gasteiger partial charge in [-0.3, -0.25) is 4.79 Å². The van der Waals surface area contributed by atoms with Gasteiger partial charge in [-0.15, -0.1) is 0 Å². The minimum absolute atomic E-state index is 0.0230. The van der Waals surface area contributed by atoms with Crippen molar-refractivity contribution in [2.75, 3.05) is 13.2 Å². The molecule has 39 heavy (non-hydrogen) atoms. The zero-order valence-electron chi connectivity index (χ0n) is 23.2. The molecule has 1 heterocycles.